The highest BCUT2D eigenvalue weighted by Gasteiger charge is 2.28. The molecular formula is C13H17BrN2O. The summed E-state index contributed by atoms with van der Waals surface area (Å²) in [6.07, 6.45) is 0.902. The fourth-order valence-electron chi connectivity index (χ4n) is 2.04. The summed E-state index contributed by atoms with van der Waals surface area (Å²) in [5, 5.41) is 3.32. The zero-order valence-corrected chi connectivity index (χ0v) is 11.8. The molecular weight excluding hydrogens is 280 g/mol. The van der Waals surface area contributed by atoms with Crippen molar-refractivity contribution in [3.05, 3.63) is 33.8 Å². The lowest BCUT2D eigenvalue weighted by atomic mass is 10.1. The van der Waals surface area contributed by atoms with Crippen molar-refractivity contribution in [3.8, 4) is 0 Å². The third kappa shape index (κ3) is 2.87. The number of likely N-dealkylation sites (tertiary alicyclic amines) is 1. The highest BCUT2D eigenvalue weighted by Crippen LogP contribution is 2.19. The van der Waals surface area contributed by atoms with Crippen molar-refractivity contribution >= 4 is 21.8 Å². The average Bonchev–Trinajstić information content (AvgIpc) is 2.59. The average molecular weight is 297 g/mol. The Morgan fingerprint density at radius 3 is 2.88 bits per heavy atom. The van der Waals surface area contributed by atoms with E-state index in [2.05, 4.69) is 46.4 Å². The number of nitrogens with zero attached hydrogens (tertiary/aromatic N) is 1. The molecule has 1 fully saturated rings. The van der Waals surface area contributed by atoms with Gasteiger partial charge in [0.2, 0.25) is 5.91 Å². The second-order valence-corrected chi connectivity index (χ2v) is 5.43. The molecule has 1 atom stereocenters. The molecule has 0 aromatic heterocycles. The molecule has 1 aliphatic rings. The van der Waals surface area contributed by atoms with E-state index in [1.54, 1.807) is 4.90 Å². The zero-order valence-electron chi connectivity index (χ0n) is 10.2. The summed E-state index contributed by atoms with van der Waals surface area (Å²) in [7, 11) is 1.85. The number of nitrogens with one attached hydrogen (secondary N) is 1. The van der Waals surface area contributed by atoms with Gasteiger partial charge in [-0.25, -0.2) is 0 Å². The van der Waals surface area contributed by atoms with E-state index in [4.69, 9.17) is 0 Å². The van der Waals surface area contributed by atoms with E-state index in [0.29, 0.717) is 0 Å². The van der Waals surface area contributed by atoms with Gasteiger partial charge in [-0.2, -0.15) is 0 Å². The smallest absolute Gasteiger partial charge is 0.239 e. The Hall–Kier alpha value is -0.870. The van der Waals surface area contributed by atoms with Crippen LogP contribution >= 0.6 is 15.9 Å². The quantitative estimate of drug-likeness (QED) is 0.926. The van der Waals surface area contributed by atoms with Crippen LogP contribution in [0.1, 0.15) is 17.5 Å². The Morgan fingerprint density at radius 1 is 1.53 bits per heavy atom. The van der Waals surface area contributed by atoms with Crippen molar-refractivity contribution in [2.45, 2.75) is 25.9 Å². The van der Waals surface area contributed by atoms with Crippen LogP contribution in [0.2, 0.25) is 0 Å². The molecule has 1 N–H and O–H groups in total. The van der Waals surface area contributed by atoms with E-state index < -0.39 is 0 Å². The number of carbonyl (C=O) groups is 1. The Kier molecular flexibility index (Phi) is 3.84. The molecule has 1 aromatic rings. The monoisotopic (exact) mass is 296 g/mol. The number of likely N-dealkylation sites (N-methyl/N-ethyl adjacent to an activating group) is 1. The molecule has 4 heteroatoms. The van der Waals surface area contributed by atoms with Crippen LogP contribution in [-0.2, 0) is 11.3 Å². The molecule has 0 saturated carbocycles. The zero-order chi connectivity index (χ0) is 12.4. The standard InChI is InChI=1S/C13H17BrN2O/c1-9-3-4-10(11(14)7-9)8-15-12-5-6-16(2)13(12)17/h3-4,7,12,15H,5-6,8H2,1-2H3. The number of halogens is 1. The lowest BCUT2D eigenvalue weighted by molar-refractivity contribution is -0.128. The molecule has 1 aliphatic heterocycles. The number of hydrogen-bond acceptors (Lipinski definition) is 2. The van der Waals surface area contributed by atoms with Gasteiger partial charge in [-0.3, -0.25) is 4.79 Å². The number of rotatable bonds is 3. The molecule has 2 rings (SSSR count). The Morgan fingerprint density at radius 2 is 2.29 bits per heavy atom. The number of hydrogen-bond donors (Lipinski definition) is 1. The number of aryl methyl sites for hydroxylation is 1. The van der Waals surface area contributed by atoms with Gasteiger partial charge in [-0.1, -0.05) is 28.1 Å². The van der Waals surface area contributed by atoms with Crippen LogP contribution in [0.4, 0.5) is 0 Å². The van der Waals surface area contributed by atoms with Crippen LogP contribution in [0.25, 0.3) is 0 Å². The second kappa shape index (κ2) is 5.19. The normalized spacial score (nSPS) is 20.1. The summed E-state index contributed by atoms with van der Waals surface area (Å²) in [5.74, 6) is 0.202. The molecule has 1 saturated heterocycles. The topological polar surface area (TPSA) is 32.3 Å². The molecule has 3 nitrogen and oxygen atoms in total. The van der Waals surface area contributed by atoms with Crippen LogP contribution in [-0.4, -0.2) is 30.4 Å². The van der Waals surface area contributed by atoms with Crippen molar-refractivity contribution in [2.75, 3.05) is 13.6 Å². The summed E-state index contributed by atoms with van der Waals surface area (Å²) >= 11 is 3.55. The first kappa shape index (κ1) is 12.6. The first-order valence-corrected chi connectivity index (χ1v) is 6.60. The summed E-state index contributed by atoms with van der Waals surface area (Å²) in [4.78, 5) is 13.5. The maximum absolute atomic E-state index is 11.7. The summed E-state index contributed by atoms with van der Waals surface area (Å²) < 4.78 is 1.10. The minimum Gasteiger partial charge on any atom is -0.344 e. The van der Waals surface area contributed by atoms with Gasteiger partial charge in [-0.05, 0) is 30.5 Å². The van der Waals surface area contributed by atoms with Crippen LogP contribution < -0.4 is 5.32 Å². The summed E-state index contributed by atoms with van der Waals surface area (Å²) in [6.45, 7) is 3.65. The Bertz CT molecular complexity index is 433. The molecule has 1 unspecified atom stereocenters. The lowest BCUT2D eigenvalue weighted by Gasteiger charge is -2.13. The molecule has 0 radical (unpaired) electrons. The lowest BCUT2D eigenvalue weighted by Crippen LogP contribution is -2.36. The van der Waals surface area contributed by atoms with Crippen molar-refractivity contribution in [1.29, 1.82) is 0 Å². The highest BCUT2D eigenvalue weighted by atomic mass is 79.9. The van der Waals surface area contributed by atoms with Gasteiger partial charge in [0.15, 0.2) is 0 Å². The molecule has 92 valence electrons. The van der Waals surface area contributed by atoms with Gasteiger partial charge in [-0.15, -0.1) is 0 Å². The molecule has 0 aliphatic carbocycles. The predicted octanol–water partition coefficient (Wildman–Crippen LogP) is 2.08. The summed E-state index contributed by atoms with van der Waals surface area (Å²) in [5.41, 5.74) is 2.43. The van der Waals surface area contributed by atoms with Crippen LogP contribution in [0.5, 0.6) is 0 Å². The maximum atomic E-state index is 11.7. The number of amides is 1. The molecule has 1 amide bonds. The Balaban J connectivity index is 1.96. The number of benzene rings is 1. The van der Waals surface area contributed by atoms with Crippen molar-refractivity contribution in [2.24, 2.45) is 0 Å². The second-order valence-electron chi connectivity index (χ2n) is 4.58. The van der Waals surface area contributed by atoms with Gasteiger partial charge in [0.05, 0.1) is 6.04 Å². The molecule has 0 bridgehead atoms. The van der Waals surface area contributed by atoms with E-state index in [1.165, 1.54) is 11.1 Å². The van der Waals surface area contributed by atoms with Gasteiger partial charge >= 0.3 is 0 Å². The van der Waals surface area contributed by atoms with E-state index in [0.717, 1.165) is 24.0 Å². The minimum absolute atomic E-state index is 0.0202. The predicted molar refractivity (Wildman–Crippen MR) is 71.8 cm³/mol. The van der Waals surface area contributed by atoms with Crippen LogP contribution in [0.3, 0.4) is 0 Å². The fraction of sp³-hybridized carbons (Fsp3) is 0.462. The molecule has 1 aromatic carbocycles. The Labute approximate surface area is 110 Å². The van der Waals surface area contributed by atoms with Crippen LogP contribution in [0, 0.1) is 6.92 Å². The van der Waals surface area contributed by atoms with Crippen molar-refractivity contribution < 1.29 is 4.79 Å². The van der Waals surface area contributed by atoms with Crippen molar-refractivity contribution in [1.82, 2.24) is 10.2 Å². The SMILES string of the molecule is Cc1ccc(CNC2CCN(C)C2=O)c(Br)c1. The van der Waals surface area contributed by atoms with E-state index in [-0.39, 0.29) is 11.9 Å². The van der Waals surface area contributed by atoms with E-state index >= 15 is 0 Å². The minimum atomic E-state index is -0.0202. The van der Waals surface area contributed by atoms with Gasteiger partial charge in [0.25, 0.3) is 0 Å². The van der Waals surface area contributed by atoms with Gasteiger partial charge < -0.3 is 10.2 Å². The third-order valence-electron chi connectivity index (χ3n) is 3.17. The molecule has 0 spiro atoms. The number of carbonyl (C=O) groups excluding carboxylic acids is 1. The van der Waals surface area contributed by atoms with Gasteiger partial charge in [0.1, 0.15) is 0 Å². The molecule has 1 heterocycles. The van der Waals surface area contributed by atoms with Crippen molar-refractivity contribution in [3.63, 3.8) is 0 Å². The highest BCUT2D eigenvalue weighted by molar-refractivity contribution is 9.10. The van der Waals surface area contributed by atoms with Crippen LogP contribution in [0.15, 0.2) is 22.7 Å². The maximum Gasteiger partial charge on any atom is 0.239 e. The fourth-order valence-corrected chi connectivity index (χ4v) is 2.67. The third-order valence-corrected chi connectivity index (χ3v) is 3.91. The van der Waals surface area contributed by atoms with E-state index in [1.807, 2.05) is 7.05 Å². The first-order chi connectivity index (χ1) is 8.08. The molecule has 17 heavy (non-hydrogen) atoms. The summed E-state index contributed by atoms with van der Waals surface area (Å²) in [6, 6.07) is 6.26. The largest absolute Gasteiger partial charge is 0.344 e. The first-order valence-electron chi connectivity index (χ1n) is 5.81. The van der Waals surface area contributed by atoms with Gasteiger partial charge in [0, 0.05) is 24.6 Å². The van der Waals surface area contributed by atoms with E-state index in [9.17, 15) is 4.79 Å².